The number of benzene rings is 2. The topological polar surface area (TPSA) is 144 Å². The highest BCUT2D eigenvalue weighted by Gasteiger charge is 2.08. The van der Waals surface area contributed by atoms with Crippen LogP contribution in [0.1, 0.15) is 32.1 Å². The van der Waals surface area contributed by atoms with Gasteiger partial charge in [0.1, 0.15) is 0 Å². The van der Waals surface area contributed by atoms with Gasteiger partial charge in [0.25, 0.3) is 11.4 Å². The summed E-state index contributed by atoms with van der Waals surface area (Å²) in [7, 11) is 0. The Kier molecular flexibility index (Phi) is 7.78. The summed E-state index contributed by atoms with van der Waals surface area (Å²) in [5.74, 6) is -0.400. The number of amides is 2. The van der Waals surface area contributed by atoms with Crippen LogP contribution < -0.4 is 10.6 Å². The molecule has 0 aliphatic rings. The first-order valence-electron chi connectivity index (χ1n) is 8.94. The fourth-order valence-electron chi connectivity index (χ4n) is 2.53. The fraction of sp³-hybridized carbons (Fsp3) is 0.263. The van der Waals surface area contributed by atoms with Crippen molar-refractivity contribution in [1.29, 1.82) is 0 Å². The molecule has 10 nitrogen and oxygen atoms in total. The lowest BCUT2D eigenvalue weighted by atomic mass is 10.1. The quantitative estimate of drug-likeness (QED) is 0.350. The molecule has 0 aliphatic heterocycles. The fourth-order valence-corrected chi connectivity index (χ4v) is 2.53. The average Bonchev–Trinajstić information content (AvgIpc) is 2.68. The van der Waals surface area contributed by atoms with Crippen LogP contribution in [0.2, 0.25) is 0 Å². The Morgan fingerprint density at radius 1 is 0.655 bits per heavy atom. The van der Waals surface area contributed by atoms with Gasteiger partial charge in [-0.3, -0.25) is 29.8 Å². The second-order valence-corrected chi connectivity index (χ2v) is 6.26. The van der Waals surface area contributed by atoms with Gasteiger partial charge >= 0.3 is 0 Å². The minimum absolute atomic E-state index is 0.0463. The van der Waals surface area contributed by atoms with Crippen LogP contribution in [-0.4, -0.2) is 21.7 Å². The van der Waals surface area contributed by atoms with Crippen LogP contribution >= 0.6 is 0 Å². The molecule has 0 saturated carbocycles. The van der Waals surface area contributed by atoms with E-state index < -0.39 is 9.85 Å². The minimum Gasteiger partial charge on any atom is -0.326 e. The molecule has 29 heavy (non-hydrogen) atoms. The molecule has 10 heteroatoms. The molecule has 0 aromatic heterocycles. The first kappa shape index (κ1) is 21.5. The van der Waals surface area contributed by atoms with Crippen molar-refractivity contribution in [3.05, 3.63) is 68.8 Å². The zero-order chi connectivity index (χ0) is 21.2. The van der Waals surface area contributed by atoms with Gasteiger partial charge in [-0.15, -0.1) is 0 Å². The van der Waals surface area contributed by atoms with E-state index in [4.69, 9.17) is 0 Å². The Bertz CT molecular complexity index is 807. The van der Waals surface area contributed by atoms with Crippen molar-refractivity contribution in [3.63, 3.8) is 0 Å². The summed E-state index contributed by atoms with van der Waals surface area (Å²) in [6.07, 6.45) is 2.44. The van der Waals surface area contributed by atoms with Gasteiger partial charge in [0.05, 0.1) is 9.85 Å². The summed E-state index contributed by atoms with van der Waals surface area (Å²) in [4.78, 5) is 43.9. The Morgan fingerprint density at radius 2 is 1.00 bits per heavy atom. The van der Waals surface area contributed by atoms with E-state index in [1.54, 1.807) is 0 Å². The van der Waals surface area contributed by atoms with Gasteiger partial charge in [-0.2, -0.15) is 0 Å². The number of hydrogen-bond donors (Lipinski definition) is 2. The van der Waals surface area contributed by atoms with Gasteiger partial charge in [-0.1, -0.05) is 6.42 Å². The Labute approximate surface area is 166 Å². The molecule has 0 unspecified atom stereocenters. The Balaban J connectivity index is 1.62. The van der Waals surface area contributed by atoms with Gasteiger partial charge < -0.3 is 10.6 Å². The zero-order valence-corrected chi connectivity index (χ0v) is 15.5. The number of nitrogens with zero attached hydrogens (tertiary/aromatic N) is 2. The zero-order valence-electron chi connectivity index (χ0n) is 15.5. The number of non-ortho nitro benzene ring substituents is 2. The number of nitro benzene ring substituents is 2. The standard InChI is InChI=1S/C19H20N4O6/c24-18(20-14-6-10-16(11-7-14)22(26)27)4-2-1-3-5-19(25)21-15-8-12-17(13-9-15)23(28)29/h6-13H,1-5H2,(H,20,24)(H,21,25). The highest BCUT2D eigenvalue weighted by molar-refractivity contribution is 5.91. The lowest BCUT2D eigenvalue weighted by Crippen LogP contribution is -2.12. The van der Waals surface area contributed by atoms with E-state index in [1.165, 1.54) is 48.5 Å². The molecule has 0 spiro atoms. The van der Waals surface area contributed by atoms with Crippen molar-refractivity contribution >= 4 is 34.6 Å². The first-order valence-corrected chi connectivity index (χ1v) is 8.94. The second kappa shape index (κ2) is 10.5. The van der Waals surface area contributed by atoms with Crippen LogP contribution in [0.25, 0.3) is 0 Å². The van der Waals surface area contributed by atoms with Crippen LogP contribution in [0.5, 0.6) is 0 Å². The third-order valence-corrected chi connectivity index (χ3v) is 4.03. The molecular formula is C19H20N4O6. The molecule has 0 heterocycles. The van der Waals surface area contributed by atoms with Crippen molar-refractivity contribution in [2.45, 2.75) is 32.1 Å². The van der Waals surface area contributed by atoms with Gasteiger partial charge in [-0.05, 0) is 37.1 Å². The third kappa shape index (κ3) is 7.37. The lowest BCUT2D eigenvalue weighted by molar-refractivity contribution is -0.385. The van der Waals surface area contributed by atoms with Gasteiger partial charge in [-0.25, -0.2) is 0 Å². The minimum atomic E-state index is -0.511. The molecule has 0 atom stereocenters. The molecule has 2 aromatic carbocycles. The molecule has 0 bridgehead atoms. The molecule has 0 fully saturated rings. The largest absolute Gasteiger partial charge is 0.326 e. The van der Waals surface area contributed by atoms with Crippen molar-refractivity contribution in [2.75, 3.05) is 10.6 Å². The second-order valence-electron chi connectivity index (χ2n) is 6.26. The maximum atomic E-state index is 11.9. The SMILES string of the molecule is O=C(CCCCCC(=O)Nc1ccc([N+](=O)[O-])cc1)Nc1ccc([N+](=O)[O-])cc1. The number of rotatable bonds is 10. The molecule has 0 aliphatic carbocycles. The maximum Gasteiger partial charge on any atom is 0.269 e. The van der Waals surface area contributed by atoms with Gasteiger partial charge in [0.15, 0.2) is 0 Å². The van der Waals surface area contributed by atoms with E-state index in [0.717, 1.165) is 0 Å². The van der Waals surface area contributed by atoms with Crippen molar-refractivity contribution < 1.29 is 19.4 Å². The Hall–Kier alpha value is -3.82. The number of carbonyl (C=O) groups excluding carboxylic acids is 2. The molecule has 0 radical (unpaired) electrons. The van der Waals surface area contributed by atoms with Crippen LogP contribution in [0, 0.1) is 20.2 Å². The van der Waals surface area contributed by atoms with Crippen molar-refractivity contribution in [3.8, 4) is 0 Å². The predicted octanol–water partition coefficient (Wildman–Crippen LogP) is 4.03. The summed E-state index contributed by atoms with van der Waals surface area (Å²) < 4.78 is 0. The number of carbonyl (C=O) groups is 2. The van der Waals surface area contributed by atoms with Crippen LogP contribution in [0.4, 0.5) is 22.7 Å². The van der Waals surface area contributed by atoms with E-state index in [1.807, 2.05) is 0 Å². The summed E-state index contributed by atoms with van der Waals surface area (Å²) in [6.45, 7) is 0. The lowest BCUT2D eigenvalue weighted by Gasteiger charge is -2.06. The summed E-state index contributed by atoms with van der Waals surface area (Å²) in [6, 6.07) is 11.2. The average molecular weight is 400 g/mol. The van der Waals surface area contributed by atoms with Crippen LogP contribution in [0.15, 0.2) is 48.5 Å². The highest BCUT2D eigenvalue weighted by Crippen LogP contribution is 2.17. The molecule has 2 aromatic rings. The van der Waals surface area contributed by atoms with Gasteiger partial charge in [0.2, 0.25) is 11.8 Å². The molecule has 2 amide bonds. The monoisotopic (exact) mass is 400 g/mol. The third-order valence-electron chi connectivity index (χ3n) is 4.03. The molecule has 2 N–H and O–H groups in total. The number of nitrogens with one attached hydrogen (secondary N) is 2. The van der Waals surface area contributed by atoms with Crippen molar-refractivity contribution in [1.82, 2.24) is 0 Å². The number of nitro groups is 2. The Morgan fingerprint density at radius 3 is 1.31 bits per heavy atom. The maximum absolute atomic E-state index is 11.9. The van der Waals surface area contributed by atoms with E-state index in [2.05, 4.69) is 10.6 Å². The summed E-state index contributed by atoms with van der Waals surface area (Å²) in [5, 5.41) is 26.5. The van der Waals surface area contributed by atoms with Crippen molar-refractivity contribution in [2.24, 2.45) is 0 Å². The number of unbranched alkanes of at least 4 members (excludes halogenated alkanes) is 2. The summed E-state index contributed by atoms with van der Waals surface area (Å²) >= 11 is 0. The van der Waals surface area contributed by atoms with Crippen LogP contribution in [0.3, 0.4) is 0 Å². The highest BCUT2D eigenvalue weighted by atomic mass is 16.6. The number of anilines is 2. The normalized spacial score (nSPS) is 10.2. The molecule has 0 saturated heterocycles. The molecule has 2 rings (SSSR count). The summed E-state index contributed by atoms with van der Waals surface area (Å²) in [5.41, 5.74) is 0.885. The molecule has 152 valence electrons. The van der Waals surface area contributed by atoms with E-state index in [-0.39, 0.29) is 36.0 Å². The van der Waals surface area contributed by atoms with Gasteiger partial charge in [0, 0.05) is 48.5 Å². The van der Waals surface area contributed by atoms with E-state index in [0.29, 0.717) is 30.6 Å². The smallest absolute Gasteiger partial charge is 0.269 e. The van der Waals surface area contributed by atoms with E-state index >= 15 is 0 Å². The van der Waals surface area contributed by atoms with E-state index in [9.17, 15) is 29.8 Å². The van der Waals surface area contributed by atoms with Crippen LogP contribution in [-0.2, 0) is 9.59 Å². The molecular weight excluding hydrogens is 380 g/mol. The predicted molar refractivity (Wildman–Crippen MR) is 107 cm³/mol. The number of hydrogen-bond acceptors (Lipinski definition) is 6. The first-order chi connectivity index (χ1) is 13.8.